The van der Waals surface area contributed by atoms with Crippen LogP contribution in [0.15, 0.2) is 62.8 Å². The predicted molar refractivity (Wildman–Crippen MR) is 127 cm³/mol. The van der Waals surface area contributed by atoms with Crippen molar-refractivity contribution in [2.45, 2.75) is 41.9 Å². The number of anilines is 1. The van der Waals surface area contributed by atoms with Gasteiger partial charge in [0.1, 0.15) is 4.99 Å². The molecule has 3 rings (SSSR count). The molecule has 0 fully saturated rings. The highest BCUT2D eigenvalue weighted by atomic mass is 32.2. The van der Waals surface area contributed by atoms with E-state index in [1.54, 1.807) is 23.5 Å². The number of aromatic nitrogens is 2. The summed E-state index contributed by atoms with van der Waals surface area (Å²) < 4.78 is 5.47. The fraction of sp³-hybridized carbons (Fsp3) is 0.318. The maximum Gasteiger partial charge on any atom is 0.326 e. The highest BCUT2D eigenvalue weighted by molar-refractivity contribution is 7.99. The minimum Gasteiger partial charge on any atom is -0.315 e. The topological polar surface area (TPSA) is 51.0 Å². The Kier molecular flexibility index (Phi) is 8.15. The molecule has 1 heterocycles. The van der Waals surface area contributed by atoms with Crippen LogP contribution in [0.2, 0.25) is 0 Å². The highest BCUT2D eigenvalue weighted by Gasteiger charge is 2.19. The van der Waals surface area contributed by atoms with E-state index in [1.165, 1.54) is 5.56 Å². The van der Waals surface area contributed by atoms with E-state index in [9.17, 15) is 0 Å². The molecule has 152 valence electrons. The molecule has 1 unspecified atom stereocenters. The third-order valence-corrected chi connectivity index (χ3v) is 6.67. The van der Waals surface area contributed by atoms with E-state index in [0.29, 0.717) is 11.0 Å². The molecule has 3 aromatic rings. The van der Waals surface area contributed by atoms with Crippen molar-refractivity contribution in [3.63, 3.8) is 0 Å². The zero-order valence-corrected chi connectivity index (χ0v) is 19.3. The zero-order chi connectivity index (χ0) is 20.6. The fourth-order valence-corrected chi connectivity index (χ4v) is 4.95. The molecule has 1 N–H and O–H groups in total. The van der Waals surface area contributed by atoms with Gasteiger partial charge in [-0.25, -0.2) is 0 Å². The van der Waals surface area contributed by atoms with Gasteiger partial charge in [0.2, 0.25) is 0 Å². The second-order valence-electron chi connectivity index (χ2n) is 6.58. The van der Waals surface area contributed by atoms with Crippen LogP contribution in [0.5, 0.6) is 0 Å². The van der Waals surface area contributed by atoms with Gasteiger partial charge in [-0.1, -0.05) is 60.7 Å². The average Bonchev–Trinajstić information content (AvgIpc) is 3.22. The van der Waals surface area contributed by atoms with Crippen molar-refractivity contribution in [1.82, 2.24) is 10.1 Å². The third kappa shape index (κ3) is 5.62. The Morgan fingerprint density at radius 3 is 2.38 bits per heavy atom. The summed E-state index contributed by atoms with van der Waals surface area (Å²) in [6, 6.07) is 17.0. The molecule has 4 nitrogen and oxygen atoms in total. The molecule has 0 saturated carbocycles. The maximum absolute atomic E-state index is 5.66. The van der Waals surface area contributed by atoms with Crippen LogP contribution in [0.3, 0.4) is 0 Å². The Morgan fingerprint density at radius 1 is 1.07 bits per heavy atom. The van der Waals surface area contributed by atoms with E-state index >= 15 is 0 Å². The highest BCUT2D eigenvalue weighted by Crippen LogP contribution is 2.30. The van der Waals surface area contributed by atoms with Gasteiger partial charge in [-0.15, -0.1) is 23.5 Å². The SMILES string of the molecule is CCC(CCc1ccccc1)c1noc(NC(=S)c2c(SC)cccc2SC)n1. The minimum absolute atomic E-state index is 0.253. The lowest BCUT2D eigenvalue weighted by atomic mass is 9.96. The Morgan fingerprint density at radius 2 is 1.76 bits per heavy atom. The monoisotopic (exact) mass is 443 g/mol. The summed E-state index contributed by atoms with van der Waals surface area (Å²) in [5.41, 5.74) is 2.34. The molecule has 1 atom stereocenters. The lowest BCUT2D eigenvalue weighted by molar-refractivity contribution is 0.414. The normalized spacial score (nSPS) is 12.0. The van der Waals surface area contributed by atoms with E-state index in [4.69, 9.17) is 16.7 Å². The molecule has 7 heteroatoms. The predicted octanol–water partition coefficient (Wildman–Crippen LogP) is 6.43. The molecule has 0 aliphatic rings. The van der Waals surface area contributed by atoms with Crippen LogP contribution < -0.4 is 5.32 Å². The second-order valence-corrected chi connectivity index (χ2v) is 8.68. The Balaban J connectivity index is 1.70. The van der Waals surface area contributed by atoms with Crippen LogP contribution >= 0.6 is 35.7 Å². The minimum atomic E-state index is 0.253. The summed E-state index contributed by atoms with van der Waals surface area (Å²) in [7, 11) is 0. The number of hydrogen-bond acceptors (Lipinski definition) is 6. The lowest BCUT2D eigenvalue weighted by Crippen LogP contribution is -2.13. The van der Waals surface area contributed by atoms with E-state index in [1.807, 2.05) is 12.1 Å². The maximum atomic E-state index is 5.66. The molecule has 0 spiro atoms. The first-order valence-electron chi connectivity index (χ1n) is 9.56. The van der Waals surface area contributed by atoms with Crippen molar-refractivity contribution < 1.29 is 4.52 Å². The molecule has 0 aliphatic heterocycles. The van der Waals surface area contributed by atoms with Gasteiger partial charge in [0.05, 0.1) is 0 Å². The number of nitrogens with zero attached hydrogens (tertiary/aromatic N) is 2. The van der Waals surface area contributed by atoms with Crippen LogP contribution in [-0.4, -0.2) is 27.6 Å². The molecule has 2 aromatic carbocycles. The Hall–Kier alpha value is -1.83. The number of thioether (sulfide) groups is 2. The van der Waals surface area contributed by atoms with Crippen molar-refractivity contribution in [3.8, 4) is 0 Å². The van der Waals surface area contributed by atoms with E-state index in [-0.39, 0.29) is 5.92 Å². The molecule has 29 heavy (non-hydrogen) atoms. The molecule has 0 bridgehead atoms. The van der Waals surface area contributed by atoms with Crippen molar-refractivity contribution in [2.24, 2.45) is 0 Å². The number of thiocarbonyl (C=S) groups is 1. The van der Waals surface area contributed by atoms with Crippen LogP contribution in [0.1, 0.15) is 42.6 Å². The summed E-state index contributed by atoms with van der Waals surface area (Å²) in [5.74, 6) is 0.986. The number of hydrogen-bond donors (Lipinski definition) is 1. The van der Waals surface area contributed by atoms with Crippen molar-refractivity contribution in [1.29, 1.82) is 0 Å². The smallest absolute Gasteiger partial charge is 0.315 e. The summed E-state index contributed by atoms with van der Waals surface area (Å²) in [5, 5.41) is 7.36. The molecule has 0 radical (unpaired) electrons. The van der Waals surface area contributed by atoms with Crippen LogP contribution in [0, 0.1) is 0 Å². The summed E-state index contributed by atoms with van der Waals surface area (Å²) in [4.78, 5) is 7.44. The van der Waals surface area contributed by atoms with E-state index < -0.39 is 0 Å². The number of benzene rings is 2. The summed E-state index contributed by atoms with van der Waals surface area (Å²) in [6.07, 6.45) is 7.04. The molecular weight excluding hydrogens is 418 g/mol. The van der Waals surface area contributed by atoms with Crippen molar-refractivity contribution in [3.05, 3.63) is 65.5 Å². The van der Waals surface area contributed by atoms with Gasteiger partial charge in [0.15, 0.2) is 5.82 Å². The first-order valence-corrected chi connectivity index (χ1v) is 12.4. The first-order chi connectivity index (χ1) is 14.2. The van der Waals surface area contributed by atoms with E-state index in [0.717, 1.165) is 40.4 Å². The van der Waals surface area contributed by atoms with Gasteiger partial charge in [0, 0.05) is 21.3 Å². The van der Waals surface area contributed by atoms with Crippen LogP contribution in [0.25, 0.3) is 0 Å². The largest absolute Gasteiger partial charge is 0.326 e. The van der Waals surface area contributed by atoms with Gasteiger partial charge >= 0.3 is 6.01 Å². The lowest BCUT2D eigenvalue weighted by Gasteiger charge is -2.13. The van der Waals surface area contributed by atoms with Crippen molar-refractivity contribution >= 4 is 46.7 Å². The summed E-state index contributed by atoms with van der Waals surface area (Å²) >= 11 is 9.01. The molecule has 1 aromatic heterocycles. The average molecular weight is 444 g/mol. The fourth-order valence-electron chi connectivity index (χ4n) is 3.19. The quantitative estimate of drug-likeness (QED) is 0.302. The van der Waals surface area contributed by atoms with Gasteiger partial charge in [0.25, 0.3) is 0 Å². The number of nitrogens with one attached hydrogen (secondary N) is 1. The van der Waals surface area contributed by atoms with E-state index in [2.05, 4.69) is 71.3 Å². The van der Waals surface area contributed by atoms with Crippen LogP contribution in [-0.2, 0) is 6.42 Å². The van der Waals surface area contributed by atoms with Gasteiger partial charge in [-0.2, -0.15) is 4.98 Å². The van der Waals surface area contributed by atoms with Gasteiger partial charge < -0.3 is 4.52 Å². The number of aryl methyl sites for hydroxylation is 1. The molecule has 0 amide bonds. The number of rotatable bonds is 9. The molecule has 0 saturated heterocycles. The zero-order valence-electron chi connectivity index (χ0n) is 16.8. The van der Waals surface area contributed by atoms with Gasteiger partial charge in [-0.05, 0) is 49.5 Å². The Bertz CT molecular complexity index is 921. The second kappa shape index (κ2) is 10.8. The Labute approximate surface area is 186 Å². The first kappa shape index (κ1) is 21.9. The van der Waals surface area contributed by atoms with Crippen LogP contribution in [0.4, 0.5) is 6.01 Å². The third-order valence-electron chi connectivity index (χ3n) is 4.80. The summed E-state index contributed by atoms with van der Waals surface area (Å²) in [6.45, 7) is 2.16. The standard InChI is InChI=1S/C22H25N3OS3/c1-4-16(14-13-15-9-6-5-7-10-15)20-23-22(26-25-20)24-21(27)19-17(28-2)11-8-12-18(19)29-3/h5-12,16H,4,13-14H2,1-3H3,(H,23,24,25,27). The van der Waals surface area contributed by atoms with Crippen molar-refractivity contribution in [2.75, 3.05) is 17.8 Å². The van der Waals surface area contributed by atoms with Gasteiger partial charge in [-0.3, -0.25) is 5.32 Å². The molecular formula is C22H25N3OS3. The molecule has 0 aliphatic carbocycles.